The number of thiocarbonyl (C=S) groups is 1. The molecule has 2 aromatic rings. The summed E-state index contributed by atoms with van der Waals surface area (Å²) in [6.45, 7) is 0.531. The molecule has 0 fully saturated rings. The zero-order valence-corrected chi connectivity index (χ0v) is 12.9. The van der Waals surface area contributed by atoms with Gasteiger partial charge in [-0.2, -0.15) is 15.0 Å². The Bertz CT molecular complexity index is 625. The average Bonchev–Trinajstić information content (AvgIpc) is 2.47. The number of rotatable bonds is 6. The fraction of sp³-hybridized carbons (Fsp3) is 0.231. The molecule has 0 bridgehead atoms. The molecule has 2 N–H and O–H groups in total. The number of nitrogens with two attached hydrogens (primary N) is 1. The first-order valence-corrected chi connectivity index (χ1v) is 6.95. The monoisotopic (exact) mass is 323 g/mol. The van der Waals surface area contributed by atoms with Crippen LogP contribution in [0, 0.1) is 0 Å². The van der Waals surface area contributed by atoms with Crippen molar-refractivity contribution in [1.82, 2.24) is 15.0 Å². The summed E-state index contributed by atoms with van der Waals surface area (Å²) < 4.78 is 5.02. The molecule has 1 aromatic carbocycles. The number of methoxy groups -OCH3 is 1. The van der Waals surface area contributed by atoms with Crippen molar-refractivity contribution in [1.29, 1.82) is 0 Å². The Morgan fingerprint density at radius 1 is 1.29 bits per heavy atom. The molecule has 1 aromatic heterocycles. The molecule has 0 spiro atoms. The predicted molar refractivity (Wildman–Crippen MR) is 86.2 cm³/mol. The van der Waals surface area contributed by atoms with Crippen LogP contribution < -0.4 is 15.4 Å². The quantitative estimate of drug-likeness (QED) is 0.817. The molecule has 0 aliphatic heterocycles. The van der Waals surface area contributed by atoms with Crippen molar-refractivity contribution >= 4 is 40.4 Å². The third kappa shape index (κ3) is 4.24. The third-order valence-corrected chi connectivity index (χ3v) is 3.02. The van der Waals surface area contributed by atoms with E-state index < -0.39 is 0 Å². The number of aromatic nitrogens is 3. The Balaban J connectivity index is 2.39. The third-order valence-electron chi connectivity index (χ3n) is 2.65. The molecular weight excluding hydrogens is 310 g/mol. The molecule has 0 amide bonds. The highest BCUT2D eigenvalue weighted by atomic mass is 35.5. The lowest BCUT2D eigenvalue weighted by molar-refractivity contribution is 0.378. The van der Waals surface area contributed by atoms with Crippen LogP contribution in [0.1, 0.15) is 6.42 Å². The summed E-state index contributed by atoms with van der Waals surface area (Å²) in [5, 5.41) is 0.0631. The van der Waals surface area contributed by atoms with Gasteiger partial charge < -0.3 is 15.4 Å². The number of para-hydroxylation sites is 1. The van der Waals surface area contributed by atoms with Crippen LogP contribution in [0.3, 0.4) is 0 Å². The van der Waals surface area contributed by atoms with Crippen LogP contribution in [-0.4, -0.2) is 33.6 Å². The highest BCUT2D eigenvalue weighted by Crippen LogP contribution is 2.24. The number of nitrogens with zero attached hydrogens (tertiary/aromatic N) is 4. The van der Waals surface area contributed by atoms with Gasteiger partial charge in [-0.1, -0.05) is 30.4 Å². The van der Waals surface area contributed by atoms with Gasteiger partial charge in [0.25, 0.3) is 0 Å². The summed E-state index contributed by atoms with van der Waals surface area (Å²) in [4.78, 5) is 14.5. The fourth-order valence-electron chi connectivity index (χ4n) is 1.71. The summed E-state index contributed by atoms with van der Waals surface area (Å²) in [6, 6.07) is 9.79. The van der Waals surface area contributed by atoms with E-state index in [2.05, 4.69) is 15.0 Å². The normalized spacial score (nSPS) is 10.2. The molecule has 6 nitrogen and oxygen atoms in total. The largest absolute Gasteiger partial charge is 0.467 e. The molecule has 1 heterocycles. The van der Waals surface area contributed by atoms with E-state index in [9.17, 15) is 0 Å². The Kier molecular flexibility index (Phi) is 5.24. The van der Waals surface area contributed by atoms with Crippen molar-refractivity contribution in [3.63, 3.8) is 0 Å². The van der Waals surface area contributed by atoms with Crippen LogP contribution in [0.4, 0.5) is 11.6 Å². The van der Waals surface area contributed by atoms with Crippen LogP contribution >= 0.6 is 23.8 Å². The first-order valence-electron chi connectivity index (χ1n) is 6.16. The summed E-state index contributed by atoms with van der Waals surface area (Å²) >= 11 is 10.8. The summed E-state index contributed by atoms with van der Waals surface area (Å²) in [7, 11) is 1.47. The van der Waals surface area contributed by atoms with Crippen molar-refractivity contribution in [2.24, 2.45) is 5.73 Å². The predicted octanol–water partition coefficient (Wildman–Crippen LogP) is 2.35. The minimum absolute atomic E-state index is 0.0631. The van der Waals surface area contributed by atoms with E-state index in [1.807, 2.05) is 35.2 Å². The van der Waals surface area contributed by atoms with Gasteiger partial charge in [-0.3, -0.25) is 0 Å². The van der Waals surface area contributed by atoms with Crippen LogP contribution in [0.2, 0.25) is 5.28 Å². The Labute approximate surface area is 132 Å². The molecule has 2 rings (SSSR count). The number of anilines is 2. The maximum Gasteiger partial charge on any atom is 0.322 e. The van der Waals surface area contributed by atoms with Crippen LogP contribution in [0.15, 0.2) is 30.3 Å². The second-order valence-corrected chi connectivity index (χ2v) is 4.96. The summed E-state index contributed by atoms with van der Waals surface area (Å²) in [5.74, 6) is 0.384. The summed E-state index contributed by atoms with van der Waals surface area (Å²) in [5.41, 5.74) is 6.48. The second kappa shape index (κ2) is 7.14. The standard InChI is InChI=1S/C13H14ClN5OS/c1-20-13-17-11(14)16-12(18-13)19(8-7-10(15)21)9-5-3-2-4-6-9/h2-6H,7-8H2,1H3,(H2,15,21). The van der Waals surface area contributed by atoms with Crippen molar-refractivity contribution in [2.75, 3.05) is 18.6 Å². The Morgan fingerprint density at radius 2 is 2.00 bits per heavy atom. The first-order chi connectivity index (χ1) is 10.1. The smallest absolute Gasteiger partial charge is 0.322 e. The van der Waals surface area contributed by atoms with E-state index >= 15 is 0 Å². The van der Waals surface area contributed by atoms with E-state index in [-0.39, 0.29) is 11.3 Å². The number of benzene rings is 1. The van der Waals surface area contributed by atoms with Gasteiger partial charge in [0.1, 0.15) is 0 Å². The van der Waals surface area contributed by atoms with Crippen molar-refractivity contribution < 1.29 is 4.74 Å². The van der Waals surface area contributed by atoms with E-state index in [1.54, 1.807) is 0 Å². The SMILES string of the molecule is COc1nc(Cl)nc(N(CCC(N)=S)c2ccccc2)n1. The van der Waals surface area contributed by atoms with Crippen LogP contribution in [0.25, 0.3) is 0 Å². The second-order valence-electron chi connectivity index (χ2n) is 4.09. The van der Waals surface area contributed by atoms with E-state index in [1.165, 1.54) is 7.11 Å². The van der Waals surface area contributed by atoms with E-state index in [0.29, 0.717) is 23.9 Å². The zero-order chi connectivity index (χ0) is 15.2. The van der Waals surface area contributed by atoms with E-state index in [4.69, 9.17) is 34.3 Å². The molecule has 0 radical (unpaired) electrons. The first kappa shape index (κ1) is 15.4. The van der Waals surface area contributed by atoms with Crippen LogP contribution in [0.5, 0.6) is 6.01 Å². The van der Waals surface area contributed by atoms with E-state index in [0.717, 1.165) is 5.69 Å². The summed E-state index contributed by atoms with van der Waals surface area (Å²) in [6.07, 6.45) is 0.524. The minimum atomic E-state index is 0.0631. The highest BCUT2D eigenvalue weighted by molar-refractivity contribution is 7.80. The maximum atomic E-state index is 5.90. The molecular formula is C13H14ClN5OS. The van der Waals surface area contributed by atoms with Gasteiger partial charge >= 0.3 is 6.01 Å². The number of hydrogen-bond acceptors (Lipinski definition) is 6. The van der Waals surface area contributed by atoms with Gasteiger partial charge in [-0.15, -0.1) is 0 Å². The van der Waals surface area contributed by atoms with Crippen LogP contribution in [-0.2, 0) is 0 Å². The maximum absolute atomic E-state index is 5.90. The molecule has 0 atom stereocenters. The van der Waals surface area contributed by atoms with Gasteiger partial charge in [-0.05, 0) is 23.7 Å². The zero-order valence-electron chi connectivity index (χ0n) is 11.4. The molecule has 0 aliphatic rings. The molecule has 0 aliphatic carbocycles. The van der Waals surface area contributed by atoms with Gasteiger partial charge in [-0.25, -0.2) is 0 Å². The molecule has 110 valence electrons. The average molecular weight is 324 g/mol. The van der Waals surface area contributed by atoms with Gasteiger partial charge in [0.05, 0.1) is 12.1 Å². The molecule has 8 heteroatoms. The Hall–Kier alpha value is -1.99. The lowest BCUT2D eigenvalue weighted by Crippen LogP contribution is -2.25. The molecule has 0 unspecified atom stereocenters. The van der Waals surface area contributed by atoms with Crippen molar-refractivity contribution in [2.45, 2.75) is 6.42 Å². The van der Waals surface area contributed by atoms with Gasteiger partial charge in [0.2, 0.25) is 11.2 Å². The lowest BCUT2D eigenvalue weighted by atomic mass is 10.3. The number of ether oxygens (including phenoxy) is 1. The van der Waals surface area contributed by atoms with Gasteiger partial charge in [0, 0.05) is 18.7 Å². The van der Waals surface area contributed by atoms with Crippen molar-refractivity contribution in [3.8, 4) is 6.01 Å². The number of hydrogen-bond donors (Lipinski definition) is 1. The van der Waals surface area contributed by atoms with Gasteiger partial charge in [0.15, 0.2) is 0 Å². The highest BCUT2D eigenvalue weighted by Gasteiger charge is 2.15. The number of halogens is 1. The molecule has 0 saturated carbocycles. The topological polar surface area (TPSA) is 77.2 Å². The van der Waals surface area contributed by atoms with Crippen molar-refractivity contribution in [3.05, 3.63) is 35.6 Å². The molecule has 21 heavy (non-hydrogen) atoms. The molecule has 0 saturated heterocycles. The Morgan fingerprint density at radius 3 is 2.62 bits per heavy atom. The fourth-order valence-corrected chi connectivity index (χ4v) is 1.95. The lowest BCUT2D eigenvalue weighted by Gasteiger charge is -2.22. The minimum Gasteiger partial charge on any atom is -0.467 e.